The Labute approximate surface area is 210 Å². The number of hydrogen-bond acceptors (Lipinski definition) is 2. The summed E-state index contributed by atoms with van der Waals surface area (Å²) in [5, 5.41) is 0. The lowest BCUT2D eigenvalue weighted by Crippen LogP contribution is -2.56. The number of allylic oxidation sites excluding steroid dienone is 1. The molecule has 192 valence electrons. The standard InChI is InChI=1S/C32H52O2/c1-20(2)21(3)9-10-22(4)25-13-15-30(8)28-12-11-26-23(5)27(34-24(6)33)14-16-31(26)19-32(28,31)18-17-29(25,30)7/h20,22-23,25-28H,3,9-19H2,1-2,4-8H3. The monoisotopic (exact) mass is 468 g/mol. The molecule has 2 nitrogen and oxygen atoms in total. The van der Waals surface area contributed by atoms with Crippen molar-refractivity contribution in [2.45, 2.75) is 125 Å². The van der Waals surface area contributed by atoms with Crippen molar-refractivity contribution >= 4 is 5.97 Å². The van der Waals surface area contributed by atoms with Crippen molar-refractivity contribution in [1.29, 1.82) is 0 Å². The molecule has 34 heavy (non-hydrogen) atoms. The molecule has 10 atom stereocenters. The molecular weight excluding hydrogens is 416 g/mol. The van der Waals surface area contributed by atoms with Crippen LogP contribution < -0.4 is 0 Å². The van der Waals surface area contributed by atoms with Crippen molar-refractivity contribution in [2.75, 3.05) is 0 Å². The molecule has 5 saturated carbocycles. The number of esters is 1. The molecule has 2 spiro atoms. The summed E-state index contributed by atoms with van der Waals surface area (Å²) in [7, 11) is 0. The van der Waals surface area contributed by atoms with Crippen LogP contribution in [0, 0.1) is 57.2 Å². The van der Waals surface area contributed by atoms with Gasteiger partial charge in [0, 0.05) is 6.92 Å². The van der Waals surface area contributed by atoms with Gasteiger partial charge in [-0.3, -0.25) is 4.79 Å². The summed E-state index contributed by atoms with van der Waals surface area (Å²) in [6.07, 6.45) is 15.1. The van der Waals surface area contributed by atoms with Crippen LogP contribution in [-0.4, -0.2) is 12.1 Å². The largest absolute Gasteiger partial charge is 0.462 e. The SMILES string of the molecule is C=C(CCC(C)C1CCC2(C)C3CCC4C(C)C(OC(C)=O)CCC45CC35CCC12C)C(C)C. The third-order valence-corrected chi connectivity index (χ3v) is 13.4. The molecule has 5 aliphatic carbocycles. The molecule has 10 unspecified atom stereocenters. The lowest BCUT2D eigenvalue weighted by atomic mass is 9.43. The van der Waals surface area contributed by atoms with Crippen LogP contribution in [0.2, 0.25) is 0 Å². The Balaban J connectivity index is 1.35. The van der Waals surface area contributed by atoms with Crippen LogP contribution in [0.3, 0.4) is 0 Å². The summed E-state index contributed by atoms with van der Waals surface area (Å²) < 4.78 is 5.80. The minimum Gasteiger partial charge on any atom is -0.462 e. The second-order valence-electron chi connectivity index (χ2n) is 14.6. The molecule has 0 radical (unpaired) electrons. The molecule has 0 N–H and O–H groups in total. The zero-order valence-corrected chi connectivity index (χ0v) is 23.3. The molecule has 0 aliphatic heterocycles. The van der Waals surface area contributed by atoms with E-state index in [0.29, 0.717) is 33.5 Å². The second kappa shape index (κ2) is 8.11. The lowest BCUT2D eigenvalue weighted by Gasteiger charge is -2.62. The molecule has 5 rings (SSSR count). The average Bonchev–Trinajstić information content (AvgIpc) is 3.36. The highest BCUT2D eigenvalue weighted by Crippen LogP contribution is 2.88. The molecule has 0 saturated heterocycles. The number of carbonyl (C=O) groups excluding carboxylic acids is 1. The average molecular weight is 469 g/mol. The molecule has 5 fully saturated rings. The normalized spacial score (nSPS) is 49.9. The summed E-state index contributed by atoms with van der Waals surface area (Å²) in [4.78, 5) is 11.7. The molecule has 2 heteroatoms. The minimum absolute atomic E-state index is 0.0870. The molecule has 0 bridgehead atoms. The first kappa shape index (κ1) is 24.9. The maximum Gasteiger partial charge on any atom is 0.302 e. The highest BCUT2D eigenvalue weighted by molar-refractivity contribution is 5.66. The molecule has 0 aromatic rings. The van der Waals surface area contributed by atoms with Crippen molar-refractivity contribution < 1.29 is 9.53 Å². The summed E-state index contributed by atoms with van der Waals surface area (Å²) in [5.74, 6) is 4.43. The van der Waals surface area contributed by atoms with Gasteiger partial charge in [0.25, 0.3) is 0 Å². The fraction of sp³-hybridized carbons (Fsp3) is 0.906. The molecule has 0 amide bonds. The molecule has 5 aliphatic rings. The Kier molecular flexibility index (Phi) is 5.93. The van der Waals surface area contributed by atoms with Crippen molar-refractivity contribution in [3.05, 3.63) is 12.2 Å². The summed E-state index contributed by atoms with van der Waals surface area (Å²) in [6, 6.07) is 0. The highest BCUT2D eigenvalue weighted by atomic mass is 16.5. The number of rotatable bonds is 6. The van der Waals surface area contributed by atoms with Gasteiger partial charge in [0.2, 0.25) is 0 Å². The van der Waals surface area contributed by atoms with Crippen molar-refractivity contribution in [2.24, 2.45) is 57.2 Å². The van der Waals surface area contributed by atoms with Gasteiger partial charge >= 0.3 is 5.97 Å². The third-order valence-electron chi connectivity index (χ3n) is 13.4. The Morgan fingerprint density at radius 2 is 1.71 bits per heavy atom. The van der Waals surface area contributed by atoms with Crippen LogP contribution >= 0.6 is 0 Å². The van der Waals surface area contributed by atoms with Crippen molar-refractivity contribution in [3.63, 3.8) is 0 Å². The molecule has 0 aromatic heterocycles. The summed E-state index contributed by atoms with van der Waals surface area (Å²) >= 11 is 0. The van der Waals surface area contributed by atoms with E-state index in [1.165, 1.54) is 69.8 Å². The first-order chi connectivity index (χ1) is 15.9. The van der Waals surface area contributed by atoms with Gasteiger partial charge < -0.3 is 4.74 Å². The van der Waals surface area contributed by atoms with Crippen LogP contribution in [0.15, 0.2) is 12.2 Å². The summed E-state index contributed by atoms with van der Waals surface area (Å²) in [6.45, 7) is 21.0. The van der Waals surface area contributed by atoms with E-state index in [1.807, 2.05) is 0 Å². The Morgan fingerprint density at radius 1 is 0.971 bits per heavy atom. The van der Waals surface area contributed by atoms with E-state index in [9.17, 15) is 4.79 Å². The van der Waals surface area contributed by atoms with E-state index in [2.05, 4.69) is 48.1 Å². The van der Waals surface area contributed by atoms with Gasteiger partial charge in [0.05, 0.1) is 0 Å². The van der Waals surface area contributed by atoms with E-state index < -0.39 is 0 Å². The van der Waals surface area contributed by atoms with Crippen molar-refractivity contribution in [3.8, 4) is 0 Å². The van der Waals surface area contributed by atoms with Gasteiger partial charge in [-0.05, 0) is 128 Å². The van der Waals surface area contributed by atoms with Gasteiger partial charge in [-0.1, -0.05) is 53.7 Å². The smallest absolute Gasteiger partial charge is 0.302 e. The van der Waals surface area contributed by atoms with Crippen LogP contribution in [-0.2, 0) is 9.53 Å². The molecule has 0 heterocycles. The van der Waals surface area contributed by atoms with E-state index in [1.54, 1.807) is 6.92 Å². The zero-order chi connectivity index (χ0) is 24.7. The Hall–Kier alpha value is -0.790. The van der Waals surface area contributed by atoms with Crippen LogP contribution in [0.1, 0.15) is 119 Å². The molecule has 0 aromatic carbocycles. The third kappa shape index (κ3) is 3.21. The van der Waals surface area contributed by atoms with Gasteiger partial charge in [0.1, 0.15) is 6.10 Å². The Morgan fingerprint density at radius 3 is 2.38 bits per heavy atom. The first-order valence-electron chi connectivity index (χ1n) is 14.8. The number of carbonyl (C=O) groups is 1. The Bertz CT molecular complexity index is 844. The van der Waals surface area contributed by atoms with Gasteiger partial charge in [-0.25, -0.2) is 0 Å². The fourth-order valence-corrected chi connectivity index (χ4v) is 11.2. The number of fused-ring (bicyclic) bond motifs is 2. The van der Waals surface area contributed by atoms with Gasteiger partial charge in [0.15, 0.2) is 0 Å². The van der Waals surface area contributed by atoms with E-state index >= 15 is 0 Å². The topological polar surface area (TPSA) is 26.3 Å². The lowest BCUT2D eigenvalue weighted by molar-refractivity contribution is -0.165. The first-order valence-corrected chi connectivity index (χ1v) is 14.8. The quantitative estimate of drug-likeness (QED) is 0.288. The zero-order valence-electron chi connectivity index (χ0n) is 23.3. The maximum absolute atomic E-state index is 11.7. The van der Waals surface area contributed by atoms with Gasteiger partial charge in [-0.15, -0.1) is 0 Å². The predicted molar refractivity (Wildman–Crippen MR) is 140 cm³/mol. The predicted octanol–water partition coefficient (Wildman–Crippen LogP) is 8.60. The van der Waals surface area contributed by atoms with E-state index in [4.69, 9.17) is 4.74 Å². The van der Waals surface area contributed by atoms with Crippen LogP contribution in [0.4, 0.5) is 0 Å². The van der Waals surface area contributed by atoms with Crippen LogP contribution in [0.5, 0.6) is 0 Å². The summed E-state index contributed by atoms with van der Waals surface area (Å²) in [5.41, 5.74) is 3.61. The van der Waals surface area contributed by atoms with E-state index in [-0.39, 0.29) is 12.1 Å². The van der Waals surface area contributed by atoms with Crippen LogP contribution in [0.25, 0.3) is 0 Å². The highest BCUT2D eigenvalue weighted by Gasteiger charge is 2.81. The fourth-order valence-electron chi connectivity index (χ4n) is 11.2. The maximum atomic E-state index is 11.7. The van der Waals surface area contributed by atoms with Gasteiger partial charge in [-0.2, -0.15) is 0 Å². The minimum atomic E-state index is -0.0870. The van der Waals surface area contributed by atoms with E-state index in [0.717, 1.165) is 30.1 Å². The number of ether oxygens (including phenoxy) is 1. The van der Waals surface area contributed by atoms with Crippen molar-refractivity contribution in [1.82, 2.24) is 0 Å². The number of hydrogen-bond donors (Lipinski definition) is 0. The second-order valence-corrected chi connectivity index (χ2v) is 14.6. The molecular formula is C32H52O2.